The Labute approximate surface area is 39.6 Å². The molecule has 0 atom stereocenters. The van der Waals surface area contributed by atoms with Crippen LogP contribution in [0.1, 0.15) is 12.8 Å². The first kappa shape index (κ1) is 4.19. The van der Waals surface area contributed by atoms with E-state index in [0.29, 0.717) is 0 Å². The summed E-state index contributed by atoms with van der Waals surface area (Å²) in [6, 6.07) is 0. The van der Waals surface area contributed by atoms with Crippen molar-refractivity contribution in [3.63, 3.8) is 0 Å². The maximum Gasteiger partial charge on any atom is 0.177 e. The third-order valence-corrected chi connectivity index (χ3v) is 1.10. The normalized spacial score (nSPS) is 21.3. The average molecular weight is 80.9 g/mol. The summed E-state index contributed by atoms with van der Waals surface area (Å²) < 4.78 is 0. The van der Waals surface area contributed by atoms with Gasteiger partial charge in [0.2, 0.25) is 0 Å². The lowest BCUT2D eigenvalue weighted by Gasteiger charge is -1.87. The third-order valence-electron chi connectivity index (χ3n) is 1.10. The van der Waals surface area contributed by atoms with Crippen LogP contribution in [0.2, 0.25) is 0 Å². The Bertz CT molecular complexity index is 42.8. The van der Waals surface area contributed by atoms with E-state index in [9.17, 15) is 0 Å². The van der Waals surface area contributed by atoms with E-state index >= 15 is 0 Å². The standard InChI is InChI=1S/C4H8BN/c5-6-3-4-1-2-4/h4,6H,1-3H2. The molecule has 0 heterocycles. The fourth-order valence-corrected chi connectivity index (χ4v) is 0.489. The number of hydrogen-bond acceptors (Lipinski definition) is 1. The Balaban J connectivity index is 1.88. The molecule has 0 aromatic carbocycles. The highest BCUT2D eigenvalue weighted by Gasteiger charge is 2.18. The molecule has 0 aliphatic heterocycles. The summed E-state index contributed by atoms with van der Waals surface area (Å²) in [5, 5.41) is 2.63. The van der Waals surface area contributed by atoms with Crippen molar-refractivity contribution in [2.24, 2.45) is 5.92 Å². The first-order chi connectivity index (χ1) is 2.93. The molecule has 0 aromatic heterocycles. The molecular weight excluding hydrogens is 72.9 g/mol. The van der Waals surface area contributed by atoms with E-state index in [0.717, 1.165) is 12.5 Å². The molecule has 32 valence electrons. The van der Waals surface area contributed by atoms with Crippen LogP contribution in [0, 0.1) is 5.92 Å². The van der Waals surface area contributed by atoms with Gasteiger partial charge in [-0.2, -0.15) is 0 Å². The van der Waals surface area contributed by atoms with Gasteiger partial charge in [0.25, 0.3) is 0 Å². The Morgan fingerprint density at radius 3 is 2.50 bits per heavy atom. The molecule has 6 heavy (non-hydrogen) atoms. The molecule has 2 heteroatoms. The fraction of sp³-hybridized carbons (Fsp3) is 1.00. The van der Waals surface area contributed by atoms with Crippen LogP contribution in [0.5, 0.6) is 0 Å². The van der Waals surface area contributed by atoms with Crippen molar-refractivity contribution < 1.29 is 0 Å². The van der Waals surface area contributed by atoms with Crippen LogP contribution in [0.25, 0.3) is 0 Å². The van der Waals surface area contributed by atoms with E-state index in [4.69, 9.17) is 7.98 Å². The molecule has 1 aliphatic rings. The Hall–Kier alpha value is 0.0249. The zero-order valence-corrected chi connectivity index (χ0v) is 3.78. The maximum atomic E-state index is 5.02. The monoisotopic (exact) mass is 81.1 g/mol. The highest BCUT2D eigenvalue weighted by molar-refractivity contribution is 6.04. The molecule has 0 spiro atoms. The summed E-state index contributed by atoms with van der Waals surface area (Å²) in [7, 11) is 5.02. The van der Waals surface area contributed by atoms with Gasteiger partial charge in [-0.1, -0.05) is 0 Å². The molecule has 1 fully saturated rings. The first-order valence-electron chi connectivity index (χ1n) is 2.37. The maximum absolute atomic E-state index is 5.02. The molecule has 1 N–H and O–H groups in total. The molecule has 0 unspecified atom stereocenters. The Kier molecular flexibility index (Phi) is 1.15. The van der Waals surface area contributed by atoms with Gasteiger partial charge in [0, 0.05) is 0 Å². The largest absolute Gasteiger partial charge is 0.366 e. The predicted molar refractivity (Wildman–Crippen MR) is 26.5 cm³/mol. The zero-order valence-electron chi connectivity index (χ0n) is 3.78. The summed E-state index contributed by atoms with van der Waals surface area (Å²) in [6.45, 7) is 1.01. The average Bonchev–Trinajstić information content (AvgIpc) is 2.21. The van der Waals surface area contributed by atoms with Crippen molar-refractivity contribution in [2.45, 2.75) is 12.8 Å². The van der Waals surface area contributed by atoms with E-state index in [2.05, 4.69) is 5.23 Å². The summed E-state index contributed by atoms with van der Waals surface area (Å²) in [6.07, 6.45) is 2.76. The lowest BCUT2D eigenvalue weighted by Crippen LogP contribution is -2.10. The summed E-state index contributed by atoms with van der Waals surface area (Å²) in [5.41, 5.74) is 0. The third kappa shape index (κ3) is 1.01. The van der Waals surface area contributed by atoms with Crippen molar-refractivity contribution in [3.8, 4) is 0 Å². The van der Waals surface area contributed by atoms with Crippen LogP contribution in [-0.2, 0) is 0 Å². The van der Waals surface area contributed by atoms with E-state index in [-0.39, 0.29) is 0 Å². The molecule has 0 amide bonds. The van der Waals surface area contributed by atoms with Crippen LogP contribution in [0.3, 0.4) is 0 Å². The first-order valence-corrected chi connectivity index (χ1v) is 2.37. The second-order valence-corrected chi connectivity index (χ2v) is 1.85. The highest BCUT2D eigenvalue weighted by atomic mass is 14.7. The van der Waals surface area contributed by atoms with Gasteiger partial charge in [0.05, 0.1) is 0 Å². The number of hydrogen-bond donors (Lipinski definition) is 1. The second kappa shape index (κ2) is 1.65. The minimum absolute atomic E-state index is 0.912. The minimum Gasteiger partial charge on any atom is -0.366 e. The van der Waals surface area contributed by atoms with E-state index in [1.54, 1.807) is 0 Å². The summed E-state index contributed by atoms with van der Waals surface area (Å²) in [5.74, 6) is 0.912. The highest BCUT2D eigenvalue weighted by Crippen LogP contribution is 2.27. The molecule has 0 bridgehead atoms. The Morgan fingerprint density at radius 2 is 2.33 bits per heavy atom. The van der Waals surface area contributed by atoms with Crippen LogP contribution >= 0.6 is 0 Å². The van der Waals surface area contributed by atoms with Gasteiger partial charge in [-0.05, 0) is 25.3 Å². The van der Waals surface area contributed by atoms with Crippen molar-refractivity contribution in [3.05, 3.63) is 0 Å². The quantitative estimate of drug-likeness (QED) is 0.464. The molecule has 0 saturated heterocycles. The van der Waals surface area contributed by atoms with E-state index < -0.39 is 0 Å². The molecule has 1 aliphatic carbocycles. The van der Waals surface area contributed by atoms with Gasteiger partial charge in [-0.25, -0.2) is 0 Å². The SMILES string of the molecule is [B]NCC1CC1. The smallest absolute Gasteiger partial charge is 0.177 e. The van der Waals surface area contributed by atoms with Crippen LogP contribution in [0.4, 0.5) is 0 Å². The van der Waals surface area contributed by atoms with Crippen molar-refractivity contribution in [1.82, 2.24) is 5.23 Å². The lowest BCUT2D eigenvalue weighted by molar-refractivity contribution is 0.795. The number of nitrogens with one attached hydrogen (secondary N) is 1. The van der Waals surface area contributed by atoms with Gasteiger partial charge >= 0.3 is 0 Å². The van der Waals surface area contributed by atoms with E-state index in [1.807, 2.05) is 0 Å². The van der Waals surface area contributed by atoms with Gasteiger partial charge in [-0.15, -0.1) is 0 Å². The summed E-state index contributed by atoms with van der Waals surface area (Å²) >= 11 is 0. The van der Waals surface area contributed by atoms with Gasteiger partial charge in [0.15, 0.2) is 7.98 Å². The molecular formula is C4H8BN. The molecule has 1 nitrogen and oxygen atoms in total. The predicted octanol–water partition coefficient (Wildman–Crippen LogP) is 0.0695. The molecule has 1 saturated carbocycles. The van der Waals surface area contributed by atoms with Crippen molar-refractivity contribution in [2.75, 3.05) is 6.54 Å². The molecule has 2 radical (unpaired) electrons. The second-order valence-electron chi connectivity index (χ2n) is 1.85. The lowest BCUT2D eigenvalue weighted by atomic mass is 10.3. The van der Waals surface area contributed by atoms with E-state index in [1.165, 1.54) is 12.8 Å². The topological polar surface area (TPSA) is 12.0 Å². The van der Waals surface area contributed by atoms with Crippen LogP contribution < -0.4 is 5.23 Å². The zero-order chi connectivity index (χ0) is 4.41. The van der Waals surface area contributed by atoms with Crippen LogP contribution in [-0.4, -0.2) is 14.5 Å². The Morgan fingerprint density at radius 1 is 1.67 bits per heavy atom. The molecule has 1 rings (SSSR count). The molecule has 0 aromatic rings. The number of rotatable bonds is 2. The summed E-state index contributed by atoms with van der Waals surface area (Å²) in [4.78, 5) is 0. The van der Waals surface area contributed by atoms with Gasteiger partial charge in [0.1, 0.15) is 0 Å². The van der Waals surface area contributed by atoms with Crippen LogP contribution in [0.15, 0.2) is 0 Å². The van der Waals surface area contributed by atoms with Crippen molar-refractivity contribution >= 4 is 7.98 Å². The van der Waals surface area contributed by atoms with Crippen molar-refractivity contribution in [1.29, 1.82) is 0 Å². The van der Waals surface area contributed by atoms with Gasteiger partial charge < -0.3 is 5.23 Å². The minimum atomic E-state index is 0.912. The van der Waals surface area contributed by atoms with Gasteiger partial charge in [-0.3, -0.25) is 0 Å². The fourth-order valence-electron chi connectivity index (χ4n) is 0.489.